The highest BCUT2D eigenvalue weighted by Crippen LogP contribution is 2.31. The van der Waals surface area contributed by atoms with E-state index in [-0.39, 0.29) is 22.6 Å². The predicted molar refractivity (Wildman–Crippen MR) is 81.7 cm³/mol. The van der Waals surface area contributed by atoms with Crippen molar-refractivity contribution in [2.75, 3.05) is 0 Å². The Morgan fingerprint density at radius 3 is 2.39 bits per heavy atom. The van der Waals surface area contributed by atoms with Gasteiger partial charge in [-0.25, -0.2) is 4.79 Å². The molecule has 118 valence electrons. The second-order valence-electron chi connectivity index (χ2n) is 4.83. The third-order valence-corrected chi connectivity index (χ3v) is 3.26. The highest BCUT2D eigenvalue weighted by Gasteiger charge is 2.18. The Kier molecular flexibility index (Phi) is 4.70. The standard InChI is InChI=1S/C16H14N2O5/c1-9(15(20)21)12-8-10(6-7-14(12)19)17-18-13-5-3-2-4-11(13)16(22)23/h2-9,19H,1H3,(H,20,21)(H,22,23). The lowest BCUT2D eigenvalue weighted by molar-refractivity contribution is -0.138. The number of hydrogen-bond donors (Lipinski definition) is 3. The Morgan fingerprint density at radius 1 is 1.04 bits per heavy atom. The van der Waals surface area contributed by atoms with Crippen molar-refractivity contribution in [1.29, 1.82) is 0 Å². The Balaban J connectivity index is 2.36. The summed E-state index contributed by atoms with van der Waals surface area (Å²) in [5.74, 6) is -3.25. The summed E-state index contributed by atoms with van der Waals surface area (Å²) in [6.45, 7) is 1.44. The molecule has 0 fully saturated rings. The van der Waals surface area contributed by atoms with E-state index in [1.165, 1.54) is 37.3 Å². The Morgan fingerprint density at radius 2 is 1.74 bits per heavy atom. The van der Waals surface area contributed by atoms with Gasteiger partial charge >= 0.3 is 11.9 Å². The number of carbonyl (C=O) groups is 2. The normalized spacial score (nSPS) is 12.2. The molecule has 2 aromatic rings. The van der Waals surface area contributed by atoms with Gasteiger partial charge in [0.2, 0.25) is 0 Å². The highest BCUT2D eigenvalue weighted by atomic mass is 16.4. The summed E-state index contributed by atoms with van der Waals surface area (Å²) < 4.78 is 0. The number of carboxylic acid groups (broad SMARTS) is 2. The third-order valence-electron chi connectivity index (χ3n) is 3.26. The van der Waals surface area contributed by atoms with Crippen LogP contribution in [0.5, 0.6) is 5.75 Å². The molecule has 1 atom stereocenters. The van der Waals surface area contributed by atoms with Crippen molar-refractivity contribution in [3.63, 3.8) is 0 Å². The molecule has 0 amide bonds. The summed E-state index contributed by atoms with van der Waals surface area (Å²) >= 11 is 0. The first-order valence-electron chi connectivity index (χ1n) is 6.70. The van der Waals surface area contributed by atoms with Gasteiger partial charge in [-0.1, -0.05) is 12.1 Å². The summed E-state index contributed by atoms with van der Waals surface area (Å²) in [5.41, 5.74) is 0.710. The van der Waals surface area contributed by atoms with Crippen molar-refractivity contribution in [2.45, 2.75) is 12.8 Å². The lowest BCUT2D eigenvalue weighted by Gasteiger charge is -2.09. The highest BCUT2D eigenvalue weighted by molar-refractivity contribution is 5.93. The number of benzene rings is 2. The first kappa shape index (κ1) is 16.2. The minimum atomic E-state index is -1.12. The van der Waals surface area contributed by atoms with Crippen molar-refractivity contribution in [3.8, 4) is 5.75 Å². The van der Waals surface area contributed by atoms with E-state index in [1.54, 1.807) is 12.1 Å². The van der Waals surface area contributed by atoms with Crippen LogP contribution in [0.1, 0.15) is 28.8 Å². The Hall–Kier alpha value is -3.22. The number of rotatable bonds is 5. The predicted octanol–water partition coefficient (Wildman–Crippen LogP) is 3.69. The quantitative estimate of drug-likeness (QED) is 0.727. The minimum Gasteiger partial charge on any atom is -0.508 e. The van der Waals surface area contributed by atoms with Gasteiger partial charge in [0.25, 0.3) is 0 Å². The van der Waals surface area contributed by atoms with E-state index in [2.05, 4.69) is 10.2 Å². The van der Waals surface area contributed by atoms with Gasteiger partial charge in [-0.05, 0) is 37.3 Å². The first-order chi connectivity index (χ1) is 10.9. The molecular weight excluding hydrogens is 300 g/mol. The second-order valence-corrected chi connectivity index (χ2v) is 4.83. The van der Waals surface area contributed by atoms with Crippen molar-refractivity contribution in [1.82, 2.24) is 0 Å². The number of aromatic hydroxyl groups is 1. The smallest absolute Gasteiger partial charge is 0.337 e. The zero-order valence-electron chi connectivity index (χ0n) is 12.2. The number of carboxylic acids is 2. The van der Waals surface area contributed by atoms with Crippen LogP contribution >= 0.6 is 0 Å². The summed E-state index contributed by atoms with van der Waals surface area (Å²) in [7, 11) is 0. The molecule has 0 aliphatic heterocycles. The maximum Gasteiger partial charge on any atom is 0.337 e. The molecule has 2 rings (SSSR count). The maximum absolute atomic E-state index is 11.1. The van der Waals surface area contributed by atoms with E-state index in [0.717, 1.165) is 0 Å². The number of aromatic carboxylic acids is 1. The largest absolute Gasteiger partial charge is 0.508 e. The van der Waals surface area contributed by atoms with Crippen molar-refractivity contribution in [3.05, 3.63) is 53.6 Å². The molecule has 0 radical (unpaired) electrons. The van der Waals surface area contributed by atoms with Gasteiger partial charge in [-0.15, -0.1) is 5.11 Å². The minimum absolute atomic E-state index is 0.00848. The molecule has 3 N–H and O–H groups in total. The fraction of sp³-hybridized carbons (Fsp3) is 0.125. The van der Waals surface area contributed by atoms with Gasteiger partial charge in [0.1, 0.15) is 11.4 Å². The molecule has 7 heteroatoms. The molecule has 23 heavy (non-hydrogen) atoms. The lowest BCUT2D eigenvalue weighted by atomic mass is 10.00. The fourth-order valence-corrected chi connectivity index (χ4v) is 1.94. The molecule has 0 saturated carbocycles. The van der Waals surface area contributed by atoms with Crippen LogP contribution in [0.2, 0.25) is 0 Å². The van der Waals surface area contributed by atoms with E-state index >= 15 is 0 Å². The molecule has 0 spiro atoms. The van der Waals surface area contributed by atoms with Gasteiger partial charge in [0.15, 0.2) is 0 Å². The second kappa shape index (κ2) is 6.69. The van der Waals surface area contributed by atoms with Gasteiger partial charge < -0.3 is 15.3 Å². The lowest BCUT2D eigenvalue weighted by Crippen LogP contribution is -2.07. The molecule has 0 bridgehead atoms. The summed E-state index contributed by atoms with van der Waals surface area (Å²) in [5, 5.41) is 35.7. The summed E-state index contributed by atoms with van der Waals surface area (Å²) in [6.07, 6.45) is 0. The Bertz CT molecular complexity index is 786. The topological polar surface area (TPSA) is 120 Å². The van der Waals surface area contributed by atoms with E-state index in [9.17, 15) is 14.7 Å². The van der Waals surface area contributed by atoms with Gasteiger partial charge in [-0.3, -0.25) is 4.79 Å². The summed E-state index contributed by atoms with van der Waals surface area (Å²) in [6, 6.07) is 10.3. The van der Waals surface area contributed by atoms with Crippen molar-refractivity contribution < 1.29 is 24.9 Å². The SMILES string of the molecule is CC(C(=O)O)c1cc(N=Nc2ccccc2C(=O)O)ccc1O. The molecule has 2 aromatic carbocycles. The van der Waals surface area contributed by atoms with E-state index in [0.29, 0.717) is 5.69 Å². The first-order valence-corrected chi connectivity index (χ1v) is 6.70. The number of azo groups is 1. The number of hydrogen-bond acceptors (Lipinski definition) is 5. The number of nitrogens with zero attached hydrogens (tertiary/aromatic N) is 2. The average molecular weight is 314 g/mol. The zero-order valence-corrected chi connectivity index (χ0v) is 12.2. The van der Waals surface area contributed by atoms with Crippen LogP contribution in [-0.4, -0.2) is 27.3 Å². The Labute approximate surface area is 131 Å². The van der Waals surface area contributed by atoms with Crippen LogP contribution in [-0.2, 0) is 4.79 Å². The molecule has 0 saturated heterocycles. The van der Waals surface area contributed by atoms with Gasteiger partial charge in [0.05, 0.1) is 17.2 Å². The molecular formula is C16H14N2O5. The molecule has 1 unspecified atom stereocenters. The third kappa shape index (κ3) is 3.70. The van der Waals surface area contributed by atoms with Crippen molar-refractivity contribution >= 4 is 23.3 Å². The molecule has 0 heterocycles. The van der Waals surface area contributed by atoms with E-state index < -0.39 is 17.9 Å². The average Bonchev–Trinajstić information content (AvgIpc) is 2.53. The summed E-state index contributed by atoms with van der Waals surface area (Å²) in [4.78, 5) is 22.1. The van der Waals surface area contributed by atoms with E-state index in [4.69, 9.17) is 10.2 Å². The molecule has 0 aliphatic rings. The number of aliphatic carboxylic acids is 1. The van der Waals surface area contributed by atoms with Crippen LogP contribution < -0.4 is 0 Å². The molecule has 0 aromatic heterocycles. The number of phenols is 1. The zero-order chi connectivity index (χ0) is 17.0. The monoisotopic (exact) mass is 314 g/mol. The van der Waals surface area contributed by atoms with E-state index in [1.807, 2.05) is 0 Å². The van der Waals surface area contributed by atoms with Crippen LogP contribution in [0.25, 0.3) is 0 Å². The molecule has 0 aliphatic carbocycles. The van der Waals surface area contributed by atoms with Crippen LogP contribution in [0, 0.1) is 0 Å². The fourth-order valence-electron chi connectivity index (χ4n) is 1.94. The van der Waals surface area contributed by atoms with Crippen LogP contribution in [0.15, 0.2) is 52.7 Å². The van der Waals surface area contributed by atoms with Crippen LogP contribution in [0.4, 0.5) is 11.4 Å². The van der Waals surface area contributed by atoms with Crippen molar-refractivity contribution in [2.24, 2.45) is 10.2 Å². The maximum atomic E-state index is 11.1. The van der Waals surface area contributed by atoms with Gasteiger partial charge in [-0.2, -0.15) is 5.11 Å². The van der Waals surface area contributed by atoms with Gasteiger partial charge in [0, 0.05) is 5.56 Å². The van der Waals surface area contributed by atoms with Crippen LogP contribution in [0.3, 0.4) is 0 Å². The number of phenolic OH excluding ortho intramolecular Hbond substituents is 1. The molecule has 7 nitrogen and oxygen atoms in total.